The number of hydrogen-bond donors (Lipinski definition) is 1. The second kappa shape index (κ2) is 5.58. The number of benzene rings is 2. The number of anilines is 1. The topological polar surface area (TPSA) is 35.2 Å². The number of hydrogen-bond acceptors (Lipinski definition) is 3. The van der Waals surface area contributed by atoms with Crippen molar-refractivity contribution in [3.8, 4) is 5.75 Å². The maximum atomic E-state index is 6.18. The van der Waals surface area contributed by atoms with Crippen LogP contribution in [0.4, 0.5) is 5.69 Å². The normalized spacial score (nSPS) is 13.1. The molecule has 104 valence electrons. The van der Waals surface area contributed by atoms with E-state index in [2.05, 4.69) is 6.07 Å². The molecule has 0 bridgehead atoms. The minimum Gasteiger partial charge on any atom is -0.493 e. The first-order chi connectivity index (χ1) is 9.65. The van der Waals surface area contributed by atoms with Crippen LogP contribution in [0.5, 0.6) is 5.75 Å². The third kappa shape index (κ3) is 2.60. The summed E-state index contributed by atoms with van der Waals surface area (Å²) in [7, 11) is 0. The highest BCUT2D eigenvalue weighted by Crippen LogP contribution is 2.37. The van der Waals surface area contributed by atoms with Gasteiger partial charge in [-0.2, -0.15) is 0 Å². The predicted molar refractivity (Wildman–Crippen MR) is 85.8 cm³/mol. The summed E-state index contributed by atoms with van der Waals surface area (Å²) in [5, 5.41) is 0.780. The highest BCUT2D eigenvalue weighted by atomic mass is 35.5. The van der Waals surface area contributed by atoms with E-state index in [4.69, 9.17) is 22.1 Å². The lowest BCUT2D eigenvalue weighted by atomic mass is 10.1. The van der Waals surface area contributed by atoms with Gasteiger partial charge in [0.05, 0.1) is 6.61 Å². The summed E-state index contributed by atoms with van der Waals surface area (Å²) < 4.78 is 5.72. The molecule has 0 saturated carbocycles. The van der Waals surface area contributed by atoms with Crippen molar-refractivity contribution in [2.24, 2.45) is 0 Å². The second-order valence-corrected chi connectivity index (χ2v) is 6.38. The Kier molecular flexibility index (Phi) is 3.81. The van der Waals surface area contributed by atoms with Gasteiger partial charge in [-0.05, 0) is 36.2 Å². The Hall–Kier alpha value is -1.32. The Morgan fingerprint density at radius 2 is 2.20 bits per heavy atom. The Bertz CT molecular complexity index is 657. The van der Waals surface area contributed by atoms with Crippen LogP contribution in [0.25, 0.3) is 0 Å². The first-order valence-electron chi connectivity index (χ1n) is 6.57. The van der Waals surface area contributed by atoms with E-state index in [1.165, 1.54) is 5.56 Å². The van der Waals surface area contributed by atoms with Gasteiger partial charge in [0, 0.05) is 33.3 Å². The summed E-state index contributed by atoms with van der Waals surface area (Å²) in [6.45, 7) is 2.78. The molecule has 0 unspecified atom stereocenters. The molecule has 0 amide bonds. The van der Waals surface area contributed by atoms with Gasteiger partial charge in [-0.15, -0.1) is 11.8 Å². The third-order valence-corrected chi connectivity index (χ3v) is 4.83. The Labute approximate surface area is 128 Å². The van der Waals surface area contributed by atoms with E-state index in [0.717, 1.165) is 51.3 Å². The SMILES string of the molecule is Cc1cccc(SCc2cc(Cl)cc3c2OCC3)c1N. The van der Waals surface area contributed by atoms with E-state index >= 15 is 0 Å². The molecular formula is C16H16ClNOS. The van der Waals surface area contributed by atoms with Crippen LogP contribution in [-0.4, -0.2) is 6.61 Å². The quantitative estimate of drug-likeness (QED) is 0.672. The van der Waals surface area contributed by atoms with Crippen LogP contribution in [0.3, 0.4) is 0 Å². The number of ether oxygens (including phenoxy) is 1. The minimum atomic E-state index is 0.750. The monoisotopic (exact) mass is 305 g/mol. The Morgan fingerprint density at radius 3 is 3.05 bits per heavy atom. The van der Waals surface area contributed by atoms with E-state index in [0.29, 0.717) is 0 Å². The summed E-state index contributed by atoms with van der Waals surface area (Å²) in [6, 6.07) is 10.1. The van der Waals surface area contributed by atoms with E-state index in [1.54, 1.807) is 11.8 Å². The van der Waals surface area contributed by atoms with Gasteiger partial charge in [0.2, 0.25) is 0 Å². The van der Waals surface area contributed by atoms with Crippen molar-refractivity contribution in [1.82, 2.24) is 0 Å². The fourth-order valence-corrected chi connectivity index (χ4v) is 3.67. The smallest absolute Gasteiger partial charge is 0.126 e. The number of fused-ring (bicyclic) bond motifs is 1. The molecule has 1 aliphatic heterocycles. The largest absolute Gasteiger partial charge is 0.493 e. The molecule has 0 spiro atoms. The molecule has 2 N–H and O–H groups in total. The highest BCUT2D eigenvalue weighted by molar-refractivity contribution is 7.98. The van der Waals surface area contributed by atoms with Crippen molar-refractivity contribution >= 4 is 29.1 Å². The first kappa shape index (κ1) is 13.7. The van der Waals surface area contributed by atoms with Gasteiger partial charge in [0.15, 0.2) is 0 Å². The highest BCUT2D eigenvalue weighted by Gasteiger charge is 2.17. The molecule has 0 saturated heterocycles. The number of halogens is 1. The number of para-hydroxylation sites is 1. The number of nitrogens with two attached hydrogens (primary N) is 1. The summed E-state index contributed by atoms with van der Waals surface area (Å²) in [6.07, 6.45) is 0.945. The van der Waals surface area contributed by atoms with E-state index in [-0.39, 0.29) is 0 Å². The number of thioether (sulfide) groups is 1. The zero-order chi connectivity index (χ0) is 14.1. The third-order valence-electron chi connectivity index (χ3n) is 3.49. The standard InChI is InChI=1S/C16H16ClNOS/c1-10-3-2-4-14(15(10)18)20-9-12-8-13(17)7-11-5-6-19-16(11)12/h2-4,7-8H,5-6,9,18H2,1H3. The van der Waals surface area contributed by atoms with Gasteiger partial charge in [-0.3, -0.25) is 0 Å². The first-order valence-corrected chi connectivity index (χ1v) is 7.93. The van der Waals surface area contributed by atoms with Crippen molar-refractivity contribution < 1.29 is 4.74 Å². The van der Waals surface area contributed by atoms with Crippen molar-refractivity contribution in [2.75, 3.05) is 12.3 Å². The molecule has 0 atom stereocenters. The second-order valence-electron chi connectivity index (χ2n) is 4.93. The lowest BCUT2D eigenvalue weighted by Gasteiger charge is -2.11. The lowest BCUT2D eigenvalue weighted by Crippen LogP contribution is -1.94. The van der Waals surface area contributed by atoms with Crippen LogP contribution in [0.2, 0.25) is 5.02 Å². The number of nitrogen functional groups attached to an aromatic ring is 1. The molecule has 2 aromatic rings. The van der Waals surface area contributed by atoms with Gasteiger partial charge in [0.25, 0.3) is 0 Å². The molecular weight excluding hydrogens is 290 g/mol. The Balaban J connectivity index is 1.84. The van der Waals surface area contributed by atoms with Gasteiger partial charge in [-0.1, -0.05) is 23.7 Å². The predicted octanol–water partition coefficient (Wildman–Crippen LogP) is 4.46. The van der Waals surface area contributed by atoms with E-state index < -0.39 is 0 Å². The molecule has 0 aliphatic carbocycles. The fraction of sp³-hybridized carbons (Fsp3) is 0.250. The van der Waals surface area contributed by atoms with Gasteiger partial charge < -0.3 is 10.5 Å². The van der Waals surface area contributed by atoms with E-state index in [9.17, 15) is 0 Å². The Morgan fingerprint density at radius 1 is 1.35 bits per heavy atom. The molecule has 1 heterocycles. The van der Waals surface area contributed by atoms with Crippen LogP contribution in [-0.2, 0) is 12.2 Å². The van der Waals surface area contributed by atoms with Crippen molar-refractivity contribution in [3.05, 3.63) is 52.0 Å². The van der Waals surface area contributed by atoms with Gasteiger partial charge in [0.1, 0.15) is 5.75 Å². The van der Waals surface area contributed by atoms with Crippen LogP contribution in [0.15, 0.2) is 35.2 Å². The van der Waals surface area contributed by atoms with Crippen LogP contribution < -0.4 is 10.5 Å². The molecule has 20 heavy (non-hydrogen) atoms. The molecule has 0 fully saturated rings. The van der Waals surface area contributed by atoms with Crippen molar-refractivity contribution in [1.29, 1.82) is 0 Å². The van der Waals surface area contributed by atoms with Crippen LogP contribution in [0, 0.1) is 6.92 Å². The van der Waals surface area contributed by atoms with Crippen LogP contribution >= 0.6 is 23.4 Å². The van der Waals surface area contributed by atoms with E-state index in [1.807, 2.05) is 31.2 Å². The average molecular weight is 306 g/mol. The molecule has 0 radical (unpaired) electrons. The molecule has 2 nitrogen and oxygen atoms in total. The average Bonchev–Trinajstić information content (AvgIpc) is 2.88. The zero-order valence-corrected chi connectivity index (χ0v) is 12.9. The maximum Gasteiger partial charge on any atom is 0.126 e. The van der Waals surface area contributed by atoms with Gasteiger partial charge >= 0.3 is 0 Å². The summed E-state index contributed by atoms with van der Waals surface area (Å²) in [4.78, 5) is 1.11. The molecule has 2 aromatic carbocycles. The zero-order valence-electron chi connectivity index (χ0n) is 11.3. The minimum absolute atomic E-state index is 0.750. The summed E-state index contributed by atoms with van der Waals surface area (Å²) in [5.74, 6) is 1.82. The molecule has 4 heteroatoms. The fourth-order valence-electron chi connectivity index (χ4n) is 2.39. The van der Waals surface area contributed by atoms with Gasteiger partial charge in [-0.25, -0.2) is 0 Å². The van der Waals surface area contributed by atoms with Crippen LogP contribution in [0.1, 0.15) is 16.7 Å². The summed E-state index contributed by atoms with van der Waals surface area (Å²) in [5.41, 5.74) is 10.4. The van der Waals surface area contributed by atoms with Crippen molar-refractivity contribution in [3.63, 3.8) is 0 Å². The number of rotatable bonds is 3. The van der Waals surface area contributed by atoms with Crippen molar-refractivity contribution in [2.45, 2.75) is 24.0 Å². The maximum absolute atomic E-state index is 6.18. The number of aryl methyl sites for hydroxylation is 1. The molecule has 0 aromatic heterocycles. The molecule has 3 rings (SSSR count). The lowest BCUT2D eigenvalue weighted by molar-refractivity contribution is 0.354. The molecule has 1 aliphatic rings. The summed E-state index contributed by atoms with van der Waals surface area (Å²) >= 11 is 7.90.